The minimum absolute atomic E-state index is 0.0222. The number of hydrogen-bond donors (Lipinski definition) is 1. The summed E-state index contributed by atoms with van der Waals surface area (Å²) in [5.74, 6) is 0.409. The molecule has 1 heterocycles. The first-order valence-corrected chi connectivity index (χ1v) is 8.80. The Morgan fingerprint density at radius 2 is 2.23 bits per heavy atom. The lowest BCUT2D eigenvalue weighted by Gasteiger charge is -2.08. The summed E-state index contributed by atoms with van der Waals surface area (Å²) in [5.41, 5.74) is 3.71. The predicted octanol–water partition coefficient (Wildman–Crippen LogP) is 3.51. The number of anilines is 1. The summed E-state index contributed by atoms with van der Waals surface area (Å²) in [7, 11) is 0. The number of carbonyl (C=O) groups is 1. The average molecular weight is 315 g/mol. The fourth-order valence-corrected chi connectivity index (χ4v) is 3.61. The number of thioether (sulfide) groups is 1. The Morgan fingerprint density at radius 3 is 3.09 bits per heavy atom. The quantitative estimate of drug-likeness (QED) is 0.830. The average Bonchev–Trinajstić information content (AvgIpc) is 3.14. The maximum absolute atomic E-state index is 12.1. The van der Waals surface area contributed by atoms with E-state index in [1.54, 1.807) is 6.20 Å². The van der Waals surface area contributed by atoms with Crippen molar-refractivity contribution >= 4 is 23.4 Å². The van der Waals surface area contributed by atoms with Crippen LogP contribution in [0.3, 0.4) is 0 Å². The van der Waals surface area contributed by atoms with Crippen LogP contribution in [0, 0.1) is 0 Å². The van der Waals surface area contributed by atoms with Gasteiger partial charge < -0.3 is 9.88 Å². The fraction of sp³-hybridized carbons (Fsp3) is 0.412. The predicted molar refractivity (Wildman–Crippen MR) is 90.3 cm³/mol. The topological polar surface area (TPSA) is 46.9 Å². The number of nitrogens with zero attached hydrogens (tertiary/aromatic N) is 2. The van der Waals surface area contributed by atoms with Crippen molar-refractivity contribution < 1.29 is 4.79 Å². The van der Waals surface area contributed by atoms with Crippen LogP contribution in [0.25, 0.3) is 0 Å². The summed E-state index contributed by atoms with van der Waals surface area (Å²) < 4.78 is 2.09. The third kappa shape index (κ3) is 3.53. The van der Waals surface area contributed by atoms with Crippen LogP contribution >= 0.6 is 11.8 Å². The number of benzene rings is 1. The SMILES string of the molecule is CCCn1ccnc1SCC(=O)Nc1ccc2c(c1)CCC2. The van der Waals surface area contributed by atoms with Crippen LogP contribution in [0.5, 0.6) is 0 Å². The van der Waals surface area contributed by atoms with Crippen LogP contribution in [-0.2, 0) is 24.2 Å². The van der Waals surface area contributed by atoms with Crippen molar-refractivity contribution in [1.82, 2.24) is 9.55 Å². The van der Waals surface area contributed by atoms with Crippen LogP contribution in [0.2, 0.25) is 0 Å². The summed E-state index contributed by atoms with van der Waals surface area (Å²) in [4.78, 5) is 16.4. The zero-order chi connectivity index (χ0) is 15.4. The molecule has 0 saturated heterocycles. The van der Waals surface area contributed by atoms with Gasteiger partial charge in [0.25, 0.3) is 0 Å². The highest BCUT2D eigenvalue weighted by Crippen LogP contribution is 2.25. The molecule has 0 spiro atoms. The molecule has 116 valence electrons. The molecule has 0 bridgehead atoms. The third-order valence-corrected chi connectivity index (χ3v) is 4.86. The van der Waals surface area contributed by atoms with E-state index in [9.17, 15) is 4.79 Å². The van der Waals surface area contributed by atoms with Crippen LogP contribution < -0.4 is 5.32 Å². The van der Waals surface area contributed by atoms with Crippen LogP contribution in [-0.4, -0.2) is 21.2 Å². The number of amides is 1. The summed E-state index contributed by atoms with van der Waals surface area (Å²) in [6.45, 7) is 3.07. The van der Waals surface area contributed by atoms with Crippen molar-refractivity contribution in [3.05, 3.63) is 41.7 Å². The summed E-state index contributed by atoms with van der Waals surface area (Å²) in [5, 5.41) is 3.90. The molecular formula is C17H21N3OS. The third-order valence-electron chi connectivity index (χ3n) is 3.86. The van der Waals surface area contributed by atoms with Gasteiger partial charge in [-0.2, -0.15) is 0 Å². The Bertz CT molecular complexity index is 666. The van der Waals surface area contributed by atoms with Crippen molar-refractivity contribution in [2.24, 2.45) is 0 Å². The molecule has 1 amide bonds. The molecule has 4 nitrogen and oxygen atoms in total. The largest absolute Gasteiger partial charge is 0.326 e. The van der Waals surface area contributed by atoms with Gasteiger partial charge in [-0.3, -0.25) is 4.79 Å². The highest BCUT2D eigenvalue weighted by molar-refractivity contribution is 7.99. The molecule has 22 heavy (non-hydrogen) atoms. The molecule has 1 aliphatic carbocycles. The van der Waals surface area contributed by atoms with Gasteiger partial charge in [-0.1, -0.05) is 24.8 Å². The van der Waals surface area contributed by atoms with Gasteiger partial charge in [0.15, 0.2) is 5.16 Å². The van der Waals surface area contributed by atoms with Crippen LogP contribution in [0.1, 0.15) is 30.9 Å². The van der Waals surface area contributed by atoms with Gasteiger partial charge in [0.05, 0.1) is 5.75 Å². The Balaban J connectivity index is 1.55. The number of nitrogens with one attached hydrogen (secondary N) is 1. The van der Waals surface area contributed by atoms with E-state index in [2.05, 4.69) is 33.9 Å². The highest BCUT2D eigenvalue weighted by atomic mass is 32.2. The monoisotopic (exact) mass is 315 g/mol. The van der Waals surface area contributed by atoms with Gasteiger partial charge >= 0.3 is 0 Å². The first-order chi connectivity index (χ1) is 10.8. The molecule has 0 aliphatic heterocycles. The number of aromatic nitrogens is 2. The van der Waals surface area contributed by atoms with E-state index < -0.39 is 0 Å². The maximum atomic E-state index is 12.1. The standard InChI is InChI=1S/C17H21N3OS/c1-2-9-20-10-8-18-17(20)22-12-16(21)19-15-7-6-13-4-3-5-14(13)11-15/h6-8,10-11H,2-5,9,12H2,1H3,(H,19,21). The summed E-state index contributed by atoms with van der Waals surface area (Å²) >= 11 is 1.49. The molecule has 0 unspecified atom stereocenters. The molecule has 5 heteroatoms. The molecule has 1 aromatic carbocycles. The molecular weight excluding hydrogens is 294 g/mol. The van der Waals surface area contributed by atoms with E-state index in [1.165, 1.54) is 35.7 Å². The van der Waals surface area contributed by atoms with Crippen molar-refractivity contribution in [3.8, 4) is 0 Å². The molecule has 1 aromatic heterocycles. The fourth-order valence-electron chi connectivity index (χ4n) is 2.82. The lowest BCUT2D eigenvalue weighted by Crippen LogP contribution is -2.14. The Kier molecular flexibility index (Phi) is 4.83. The minimum atomic E-state index is 0.0222. The number of hydrogen-bond acceptors (Lipinski definition) is 3. The van der Waals surface area contributed by atoms with Gasteiger partial charge in [-0.15, -0.1) is 0 Å². The van der Waals surface area contributed by atoms with E-state index >= 15 is 0 Å². The minimum Gasteiger partial charge on any atom is -0.326 e. The molecule has 0 fully saturated rings. The number of imidazole rings is 1. The van der Waals surface area contributed by atoms with Crippen LogP contribution in [0.15, 0.2) is 35.7 Å². The van der Waals surface area contributed by atoms with Gasteiger partial charge in [-0.25, -0.2) is 4.98 Å². The normalized spacial score (nSPS) is 13.1. The van der Waals surface area contributed by atoms with Crippen molar-refractivity contribution in [3.63, 3.8) is 0 Å². The Labute approximate surface area is 135 Å². The van der Waals surface area contributed by atoms with Crippen LogP contribution in [0.4, 0.5) is 5.69 Å². The molecule has 1 aliphatic rings. The molecule has 2 aromatic rings. The number of carbonyl (C=O) groups excluding carboxylic acids is 1. The van der Waals surface area contributed by atoms with E-state index in [-0.39, 0.29) is 5.91 Å². The second-order valence-corrected chi connectivity index (χ2v) is 6.52. The van der Waals surface area contributed by atoms with Gasteiger partial charge in [0, 0.05) is 24.6 Å². The van der Waals surface area contributed by atoms with Crippen molar-refractivity contribution in [2.75, 3.05) is 11.1 Å². The Hall–Kier alpha value is -1.75. The number of fused-ring (bicyclic) bond motifs is 1. The lowest BCUT2D eigenvalue weighted by atomic mass is 10.1. The van der Waals surface area contributed by atoms with Gasteiger partial charge in [0.2, 0.25) is 5.91 Å². The second kappa shape index (κ2) is 7.01. The first kappa shape index (κ1) is 15.2. The number of rotatable bonds is 6. The van der Waals surface area contributed by atoms with Crippen molar-refractivity contribution in [1.29, 1.82) is 0 Å². The van der Waals surface area contributed by atoms with Gasteiger partial charge in [0.1, 0.15) is 0 Å². The zero-order valence-electron chi connectivity index (χ0n) is 12.8. The van der Waals surface area contributed by atoms with Gasteiger partial charge in [-0.05, 0) is 48.9 Å². The molecule has 3 rings (SSSR count). The van der Waals surface area contributed by atoms with E-state index in [4.69, 9.17) is 0 Å². The van der Waals surface area contributed by atoms with E-state index in [1.807, 2.05) is 12.3 Å². The first-order valence-electron chi connectivity index (χ1n) is 7.82. The number of aryl methyl sites for hydroxylation is 3. The lowest BCUT2D eigenvalue weighted by molar-refractivity contribution is -0.113. The second-order valence-electron chi connectivity index (χ2n) is 5.58. The molecule has 0 radical (unpaired) electrons. The summed E-state index contributed by atoms with van der Waals surface area (Å²) in [6.07, 6.45) is 8.33. The molecule has 0 atom stereocenters. The van der Waals surface area contributed by atoms with E-state index in [0.717, 1.165) is 30.2 Å². The Morgan fingerprint density at radius 1 is 1.36 bits per heavy atom. The molecule has 1 N–H and O–H groups in total. The zero-order valence-corrected chi connectivity index (χ0v) is 13.7. The highest BCUT2D eigenvalue weighted by Gasteiger charge is 2.12. The maximum Gasteiger partial charge on any atom is 0.234 e. The summed E-state index contributed by atoms with van der Waals surface area (Å²) in [6, 6.07) is 6.26. The smallest absolute Gasteiger partial charge is 0.234 e. The van der Waals surface area contributed by atoms with E-state index in [0.29, 0.717) is 5.75 Å². The molecule has 0 saturated carbocycles. The van der Waals surface area contributed by atoms with Crippen molar-refractivity contribution in [2.45, 2.75) is 44.3 Å².